The smallest absolute Gasteiger partial charge is 0.159 e. The molecule has 104 valence electrons. The fourth-order valence-corrected chi connectivity index (χ4v) is 2.49. The van der Waals surface area contributed by atoms with Crippen molar-refractivity contribution in [2.24, 2.45) is 0 Å². The second-order valence-electron chi connectivity index (χ2n) is 5.56. The van der Waals surface area contributed by atoms with Crippen molar-refractivity contribution in [1.29, 1.82) is 0 Å². The predicted octanol–water partition coefficient (Wildman–Crippen LogP) is 2.77. The van der Waals surface area contributed by atoms with Crippen molar-refractivity contribution in [3.8, 4) is 0 Å². The lowest BCUT2D eigenvalue weighted by atomic mass is 9.98. The van der Waals surface area contributed by atoms with Crippen LogP contribution in [-0.4, -0.2) is 29.6 Å². The third-order valence-electron chi connectivity index (χ3n) is 3.76. The highest BCUT2D eigenvalue weighted by molar-refractivity contribution is 5.94. The molecule has 1 aromatic carbocycles. The van der Waals surface area contributed by atoms with Crippen molar-refractivity contribution < 1.29 is 14.3 Å². The summed E-state index contributed by atoms with van der Waals surface area (Å²) in [7, 11) is 0. The highest BCUT2D eigenvalue weighted by atomic mass is 19.1. The number of hydrogen-bond acceptors (Lipinski definition) is 3. The largest absolute Gasteiger partial charge is 0.390 e. The molecular weight excluding hydrogens is 245 g/mol. The minimum atomic E-state index is -0.662. The molecule has 4 heteroatoms. The van der Waals surface area contributed by atoms with Gasteiger partial charge in [0.2, 0.25) is 0 Å². The van der Waals surface area contributed by atoms with Crippen molar-refractivity contribution in [2.75, 3.05) is 18.0 Å². The number of Topliss-reactive ketones (excluding diaryl/α,β-unsaturated/α-hetero) is 1. The number of anilines is 1. The topological polar surface area (TPSA) is 40.5 Å². The lowest BCUT2D eigenvalue weighted by Crippen LogP contribution is -2.28. The molecule has 0 aromatic heterocycles. The van der Waals surface area contributed by atoms with Gasteiger partial charge in [0.05, 0.1) is 11.3 Å². The van der Waals surface area contributed by atoms with Crippen molar-refractivity contribution in [2.45, 2.75) is 38.7 Å². The van der Waals surface area contributed by atoms with Gasteiger partial charge in [0.1, 0.15) is 5.82 Å². The van der Waals surface area contributed by atoms with Crippen LogP contribution in [0.15, 0.2) is 18.2 Å². The van der Waals surface area contributed by atoms with Gasteiger partial charge in [-0.05, 0) is 51.3 Å². The second kappa shape index (κ2) is 5.29. The molecule has 1 aliphatic heterocycles. The van der Waals surface area contributed by atoms with E-state index >= 15 is 0 Å². The van der Waals surface area contributed by atoms with Crippen LogP contribution in [0.2, 0.25) is 0 Å². The second-order valence-corrected chi connectivity index (χ2v) is 5.56. The average Bonchev–Trinajstić information content (AvgIpc) is 2.50. The molecular formula is C15H20FNO2. The number of carbonyl (C=O) groups excluding carboxylic acids is 1. The molecule has 1 N–H and O–H groups in total. The maximum atomic E-state index is 14.1. The first-order valence-electron chi connectivity index (χ1n) is 6.67. The van der Waals surface area contributed by atoms with Gasteiger partial charge >= 0.3 is 0 Å². The van der Waals surface area contributed by atoms with Crippen LogP contribution in [0.25, 0.3) is 0 Å². The van der Waals surface area contributed by atoms with E-state index in [4.69, 9.17) is 0 Å². The Hall–Kier alpha value is -1.42. The maximum absolute atomic E-state index is 14.1. The summed E-state index contributed by atoms with van der Waals surface area (Å²) < 4.78 is 14.1. The zero-order chi connectivity index (χ0) is 14.0. The van der Waals surface area contributed by atoms with Crippen LogP contribution in [0, 0.1) is 5.82 Å². The van der Waals surface area contributed by atoms with Crippen LogP contribution in [0.4, 0.5) is 10.1 Å². The van der Waals surface area contributed by atoms with E-state index in [9.17, 15) is 14.3 Å². The molecule has 0 aliphatic carbocycles. The Morgan fingerprint density at radius 2 is 2.11 bits per heavy atom. The summed E-state index contributed by atoms with van der Waals surface area (Å²) in [6, 6.07) is 4.61. The van der Waals surface area contributed by atoms with Gasteiger partial charge in [-0.15, -0.1) is 0 Å². The molecule has 19 heavy (non-hydrogen) atoms. The number of benzene rings is 1. The maximum Gasteiger partial charge on any atom is 0.159 e. The molecule has 0 bridgehead atoms. The SMILES string of the molecule is CC(=O)c1ccc(N2CCCC(C)(O)CC2)c(F)c1. The Kier molecular flexibility index (Phi) is 3.90. The number of rotatable bonds is 2. The van der Waals surface area contributed by atoms with Gasteiger partial charge in [-0.1, -0.05) is 0 Å². The Morgan fingerprint density at radius 3 is 2.74 bits per heavy atom. The molecule has 1 atom stereocenters. The average molecular weight is 265 g/mol. The predicted molar refractivity (Wildman–Crippen MR) is 73.1 cm³/mol. The number of ketones is 1. The zero-order valence-electron chi connectivity index (χ0n) is 11.4. The van der Waals surface area contributed by atoms with Gasteiger partial charge < -0.3 is 10.0 Å². The lowest BCUT2D eigenvalue weighted by molar-refractivity contribution is 0.0481. The van der Waals surface area contributed by atoms with Crippen LogP contribution >= 0.6 is 0 Å². The highest BCUT2D eigenvalue weighted by Crippen LogP contribution is 2.27. The van der Waals surface area contributed by atoms with Gasteiger partial charge in [0.25, 0.3) is 0 Å². The van der Waals surface area contributed by atoms with Crippen LogP contribution in [0.5, 0.6) is 0 Å². The van der Waals surface area contributed by atoms with Crippen LogP contribution in [0.3, 0.4) is 0 Å². The number of carbonyl (C=O) groups is 1. The fraction of sp³-hybridized carbons (Fsp3) is 0.533. The number of nitrogens with zero attached hydrogens (tertiary/aromatic N) is 1. The molecule has 0 spiro atoms. The van der Waals surface area contributed by atoms with Crippen molar-refractivity contribution in [3.05, 3.63) is 29.6 Å². The first-order chi connectivity index (χ1) is 8.89. The van der Waals surface area contributed by atoms with Gasteiger partial charge in [-0.25, -0.2) is 4.39 Å². The fourth-order valence-electron chi connectivity index (χ4n) is 2.49. The number of halogens is 1. The van der Waals surface area contributed by atoms with Gasteiger partial charge in [-0.3, -0.25) is 4.79 Å². The first kappa shape index (κ1) is 14.0. The number of aliphatic hydroxyl groups is 1. The highest BCUT2D eigenvalue weighted by Gasteiger charge is 2.26. The van der Waals surface area contributed by atoms with E-state index in [0.29, 0.717) is 24.2 Å². The van der Waals surface area contributed by atoms with E-state index in [1.54, 1.807) is 12.1 Å². The molecule has 2 rings (SSSR count). The molecule has 1 saturated heterocycles. The van der Waals surface area contributed by atoms with Crippen molar-refractivity contribution in [3.63, 3.8) is 0 Å². The Bertz CT molecular complexity index is 485. The summed E-state index contributed by atoms with van der Waals surface area (Å²) in [5.74, 6) is -0.501. The van der Waals surface area contributed by atoms with Crippen molar-refractivity contribution in [1.82, 2.24) is 0 Å². The van der Waals surface area contributed by atoms with Crippen LogP contribution < -0.4 is 4.90 Å². The Morgan fingerprint density at radius 1 is 1.37 bits per heavy atom. The van der Waals surface area contributed by atoms with Crippen LogP contribution in [-0.2, 0) is 0 Å². The van der Waals surface area contributed by atoms with Crippen LogP contribution in [0.1, 0.15) is 43.5 Å². The van der Waals surface area contributed by atoms with E-state index in [1.165, 1.54) is 13.0 Å². The van der Waals surface area contributed by atoms with Gasteiger partial charge in [-0.2, -0.15) is 0 Å². The summed E-state index contributed by atoms with van der Waals surface area (Å²) in [5, 5.41) is 10.0. The van der Waals surface area contributed by atoms with E-state index in [-0.39, 0.29) is 11.6 Å². The summed E-state index contributed by atoms with van der Waals surface area (Å²) in [4.78, 5) is 13.2. The third kappa shape index (κ3) is 3.32. The standard InChI is InChI=1S/C15H20FNO2/c1-11(18)12-4-5-14(13(16)10-12)17-8-3-6-15(2,19)7-9-17/h4-5,10,19H,3,6-9H2,1-2H3. The molecule has 1 fully saturated rings. The molecule has 1 heterocycles. The quantitative estimate of drug-likeness (QED) is 0.836. The third-order valence-corrected chi connectivity index (χ3v) is 3.76. The first-order valence-corrected chi connectivity index (χ1v) is 6.67. The summed E-state index contributed by atoms with van der Waals surface area (Å²) >= 11 is 0. The number of hydrogen-bond donors (Lipinski definition) is 1. The molecule has 0 amide bonds. The van der Waals surface area contributed by atoms with E-state index < -0.39 is 5.60 Å². The Labute approximate surface area is 113 Å². The summed E-state index contributed by atoms with van der Waals surface area (Å²) in [5.41, 5.74) is 0.246. The molecule has 0 radical (unpaired) electrons. The molecule has 1 aromatic rings. The Balaban J connectivity index is 2.20. The minimum Gasteiger partial charge on any atom is -0.390 e. The monoisotopic (exact) mass is 265 g/mol. The normalized spacial score (nSPS) is 24.1. The summed E-state index contributed by atoms with van der Waals surface area (Å²) in [6.45, 7) is 4.61. The minimum absolute atomic E-state index is 0.135. The van der Waals surface area contributed by atoms with Crippen molar-refractivity contribution >= 4 is 11.5 Å². The van der Waals surface area contributed by atoms with E-state index in [1.807, 2.05) is 11.8 Å². The molecule has 1 aliphatic rings. The van der Waals surface area contributed by atoms with E-state index in [2.05, 4.69) is 0 Å². The molecule has 1 unspecified atom stereocenters. The van der Waals surface area contributed by atoms with Gasteiger partial charge in [0, 0.05) is 18.7 Å². The summed E-state index contributed by atoms with van der Waals surface area (Å²) in [6.07, 6.45) is 2.19. The zero-order valence-corrected chi connectivity index (χ0v) is 11.4. The lowest BCUT2D eigenvalue weighted by Gasteiger charge is -2.24. The molecule has 3 nitrogen and oxygen atoms in total. The molecule has 0 saturated carbocycles. The van der Waals surface area contributed by atoms with Gasteiger partial charge in [0.15, 0.2) is 5.78 Å². The van der Waals surface area contributed by atoms with E-state index in [0.717, 1.165) is 19.4 Å².